The number of para-hydroxylation sites is 1. The van der Waals surface area contributed by atoms with Crippen LogP contribution in [-0.4, -0.2) is 28.2 Å². The lowest BCUT2D eigenvalue weighted by Crippen LogP contribution is -2.47. The third kappa shape index (κ3) is 3.71. The van der Waals surface area contributed by atoms with E-state index in [9.17, 15) is 4.79 Å². The number of fused-ring (bicyclic) bond motifs is 1. The van der Waals surface area contributed by atoms with E-state index in [4.69, 9.17) is 9.72 Å². The van der Waals surface area contributed by atoms with Crippen LogP contribution in [0.25, 0.3) is 0 Å². The van der Waals surface area contributed by atoms with E-state index < -0.39 is 0 Å². The highest BCUT2D eigenvalue weighted by atomic mass is 16.5. The van der Waals surface area contributed by atoms with Crippen molar-refractivity contribution in [3.8, 4) is 5.75 Å². The smallest absolute Gasteiger partial charge is 0.259 e. The monoisotopic (exact) mass is 404 g/mol. The Bertz CT molecular complexity index is 1110. The van der Waals surface area contributed by atoms with Crippen LogP contribution in [0.2, 0.25) is 0 Å². The molecule has 6 heteroatoms. The maximum absolute atomic E-state index is 13.1. The molecular formula is C24H28N4O2. The summed E-state index contributed by atoms with van der Waals surface area (Å²) in [6.45, 7) is 7.69. The molecule has 1 aliphatic rings. The Hall–Kier alpha value is -3.12. The van der Waals surface area contributed by atoms with Gasteiger partial charge in [0.25, 0.3) is 5.56 Å². The second kappa shape index (κ2) is 8.32. The number of aryl methyl sites for hydroxylation is 2. The zero-order valence-electron chi connectivity index (χ0n) is 18.1. The molecule has 30 heavy (non-hydrogen) atoms. The minimum atomic E-state index is 0.0115. The summed E-state index contributed by atoms with van der Waals surface area (Å²) in [5.41, 5.74) is 4.89. The van der Waals surface area contributed by atoms with Crippen molar-refractivity contribution in [1.82, 2.24) is 14.5 Å². The summed E-state index contributed by atoms with van der Waals surface area (Å²) in [6, 6.07) is 16.5. The predicted octanol–water partition coefficient (Wildman–Crippen LogP) is 4.00. The molecular weight excluding hydrogens is 376 g/mol. The maximum Gasteiger partial charge on any atom is 0.259 e. The Morgan fingerprint density at radius 3 is 2.47 bits per heavy atom. The van der Waals surface area contributed by atoms with Gasteiger partial charge in [0.05, 0.1) is 20.4 Å². The van der Waals surface area contributed by atoms with E-state index in [-0.39, 0.29) is 5.56 Å². The van der Waals surface area contributed by atoms with Crippen LogP contribution in [0, 0.1) is 13.8 Å². The van der Waals surface area contributed by atoms with Crippen LogP contribution >= 0.6 is 0 Å². The number of benzene rings is 2. The molecule has 0 amide bonds. The second-order valence-corrected chi connectivity index (χ2v) is 7.73. The van der Waals surface area contributed by atoms with Crippen LogP contribution in [0.4, 0.5) is 11.6 Å². The largest absolute Gasteiger partial charge is 0.496 e. The molecule has 0 unspecified atom stereocenters. The number of ether oxygens (including phenoxy) is 1. The summed E-state index contributed by atoms with van der Waals surface area (Å²) in [5.74, 6) is 1.55. The molecule has 0 radical (unpaired) electrons. The number of methoxy groups -OCH3 is 1. The quantitative estimate of drug-likeness (QED) is 0.643. The third-order valence-corrected chi connectivity index (χ3v) is 5.78. The molecule has 0 spiro atoms. The van der Waals surface area contributed by atoms with Gasteiger partial charge in [0.1, 0.15) is 5.75 Å². The van der Waals surface area contributed by atoms with Crippen LogP contribution in [0.5, 0.6) is 5.75 Å². The minimum absolute atomic E-state index is 0.0115. The van der Waals surface area contributed by atoms with Crippen LogP contribution in [0.15, 0.2) is 53.3 Å². The van der Waals surface area contributed by atoms with Crippen molar-refractivity contribution in [3.05, 3.63) is 81.3 Å². The summed E-state index contributed by atoms with van der Waals surface area (Å²) in [6.07, 6.45) is 0.993. The van der Waals surface area contributed by atoms with Crippen molar-refractivity contribution in [2.75, 3.05) is 18.7 Å². The molecule has 0 saturated heterocycles. The van der Waals surface area contributed by atoms with Crippen LogP contribution in [0.1, 0.15) is 29.3 Å². The Labute approximate surface area is 177 Å². The van der Waals surface area contributed by atoms with Gasteiger partial charge in [-0.15, -0.1) is 0 Å². The molecule has 2 aromatic carbocycles. The van der Waals surface area contributed by atoms with Gasteiger partial charge in [0, 0.05) is 29.1 Å². The van der Waals surface area contributed by atoms with Crippen molar-refractivity contribution in [3.63, 3.8) is 0 Å². The normalized spacial score (nSPS) is 13.9. The molecule has 0 N–H and O–H groups in total. The molecule has 0 fully saturated rings. The van der Waals surface area contributed by atoms with Gasteiger partial charge in [-0.05, 0) is 44.0 Å². The summed E-state index contributed by atoms with van der Waals surface area (Å²) in [7, 11) is 1.69. The summed E-state index contributed by atoms with van der Waals surface area (Å²) in [4.78, 5) is 22.2. The van der Waals surface area contributed by atoms with Crippen molar-refractivity contribution in [1.29, 1.82) is 0 Å². The first-order chi connectivity index (χ1) is 14.5. The van der Waals surface area contributed by atoms with Crippen molar-refractivity contribution < 1.29 is 4.74 Å². The predicted molar refractivity (Wildman–Crippen MR) is 119 cm³/mol. The number of rotatable bonds is 5. The Balaban J connectivity index is 1.76. The fourth-order valence-corrected chi connectivity index (χ4v) is 3.87. The van der Waals surface area contributed by atoms with E-state index in [0.29, 0.717) is 31.4 Å². The SMILES string of the molecule is CCc1ccc(N2CN(Cc3ccccc3OC)Cn3c2nc(C)c(C)c3=O)cc1. The van der Waals surface area contributed by atoms with Crippen LogP contribution in [0.3, 0.4) is 0 Å². The van der Waals surface area contributed by atoms with E-state index in [1.165, 1.54) is 5.56 Å². The molecule has 0 saturated carbocycles. The van der Waals surface area contributed by atoms with Crippen molar-refractivity contribution >= 4 is 11.6 Å². The van der Waals surface area contributed by atoms with Gasteiger partial charge in [-0.2, -0.15) is 0 Å². The van der Waals surface area contributed by atoms with Gasteiger partial charge in [0.2, 0.25) is 5.95 Å². The van der Waals surface area contributed by atoms with E-state index in [0.717, 1.165) is 29.1 Å². The molecule has 156 valence electrons. The average Bonchev–Trinajstić information content (AvgIpc) is 2.78. The summed E-state index contributed by atoms with van der Waals surface area (Å²) in [5, 5.41) is 0. The highest BCUT2D eigenvalue weighted by molar-refractivity contribution is 5.59. The molecule has 2 heterocycles. The molecule has 1 aromatic heterocycles. The molecule has 0 aliphatic carbocycles. The number of aromatic nitrogens is 2. The minimum Gasteiger partial charge on any atom is -0.496 e. The van der Waals surface area contributed by atoms with Gasteiger partial charge in [-0.3, -0.25) is 19.2 Å². The molecule has 6 nitrogen and oxygen atoms in total. The fourth-order valence-electron chi connectivity index (χ4n) is 3.87. The number of anilines is 2. The van der Waals surface area contributed by atoms with E-state index in [2.05, 4.69) is 47.1 Å². The van der Waals surface area contributed by atoms with Crippen molar-refractivity contribution in [2.24, 2.45) is 0 Å². The summed E-state index contributed by atoms with van der Waals surface area (Å²) < 4.78 is 7.30. The molecule has 4 rings (SSSR count). The first kappa shape index (κ1) is 20.2. The third-order valence-electron chi connectivity index (χ3n) is 5.78. The Morgan fingerprint density at radius 1 is 1.03 bits per heavy atom. The standard InChI is InChI=1S/C24H28N4O2/c1-5-19-10-12-21(13-11-19)27-15-26(14-20-8-6-7-9-22(20)30-4)16-28-23(29)17(2)18(3)25-24(27)28/h6-13H,5,14-16H2,1-4H3. The molecule has 3 aromatic rings. The second-order valence-electron chi connectivity index (χ2n) is 7.73. The first-order valence-corrected chi connectivity index (χ1v) is 10.3. The van der Waals surface area contributed by atoms with E-state index in [1.54, 1.807) is 11.7 Å². The molecule has 0 bridgehead atoms. The number of hydrogen-bond acceptors (Lipinski definition) is 5. The van der Waals surface area contributed by atoms with Crippen LogP contribution < -0.4 is 15.2 Å². The molecule has 0 atom stereocenters. The van der Waals surface area contributed by atoms with Crippen molar-refractivity contribution in [2.45, 2.75) is 40.4 Å². The Morgan fingerprint density at radius 2 is 1.77 bits per heavy atom. The lowest BCUT2D eigenvalue weighted by molar-refractivity contribution is 0.187. The lowest BCUT2D eigenvalue weighted by Gasteiger charge is -2.38. The number of hydrogen-bond donors (Lipinski definition) is 0. The highest BCUT2D eigenvalue weighted by Crippen LogP contribution is 2.29. The average molecular weight is 405 g/mol. The van der Waals surface area contributed by atoms with Gasteiger partial charge in [-0.1, -0.05) is 37.3 Å². The summed E-state index contributed by atoms with van der Waals surface area (Å²) >= 11 is 0. The van der Waals surface area contributed by atoms with E-state index in [1.807, 2.05) is 32.0 Å². The van der Waals surface area contributed by atoms with Gasteiger partial charge >= 0.3 is 0 Å². The Kier molecular flexibility index (Phi) is 5.59. The topological polar surface area (TPSA) is 50.6 Å². The fraction of sp³-hybridized carbons (Fsp3) is 0.333. The zero-order chi connectivity index (χ0) is 21.3. The zero-order valence-corrected chi connectivity index (χ0v) is 18.1. The lowest BCUT2D eigenvalue weighted by atomic mass is 10.1. The first-order valence-electron chi connectivity index (χ1n) is 10.3. The van der Waals surface area contributed by atoms with Crippen LogP contribution in [-0.2, 0) is 19.6 Å². The molecule has 1 aliphatic heterocycles. The van der Waals surface area contributed by atoms with Gasteiger partial charge in [0.15, 0.2) is 0 Å². The van der Waals surface area contributed by atoms with Gasteiger partial charge < -0.3 is 4.74 Å². The maximum atomic E-state index is 13.1. The number of nitrogens with zero attached hydrogens (tertiary/aromatic N) is 4. The highest BCUT2D eigenvalue weighted by Gasteiger charge is 2.27. The van der Waals surface area contributed by atoms with Gasteiger partial charge in [-0.25, -0.2) is 4.98 Å². The van der Waals surface area contributed by atoms with E-state index >= 15 is 0 Å².